The first-order valence-electron chi connectivity index (χ1n) is 8.34. The Morgan fingerprint density at radius 3 is 2.30 bits per heavy atom. The summed E-state index contributed by atoms with van der Waals surface area (Å²) < 4.78 is 38.3. The number of para-hydroxylation sites is 1. The molecular weight excluding hydrogens is 377 g/mol. The van der Waals surface area contributed by atoms with E-state index in [0.717, 1.165) is 23.4 Å². The van der Waals surface area contributed by atoms with Crippen LogP contribution in [-0.4, -0.2) is 38.5 Å². The van der Waals surface area contributed by atoms with E-state index < -0.39 is 11.7 Å². The second-order valence-electron chi connectivity index (χ2n) is 6.46. The topological polar surface area (TPSA) is 23.6 Å². The highest BCUT2D eigenvalue weighted by atomic mass is 35.5. The summed E-state index contributed by atoms with van der Waals surface area (Å²) in [5.41, 5.74) is 1.85. The van der Waals surface area contributed by atoms with E-state index in [2.05, 4.69) is 0 Å². The van der Waals surface area contributed by atoms with Crippen LogP contribution in [0.25, 0.3) is 0 Å². The van der Waals surface area contributed by atoms with Crippen LogP contribution in [0, 0.1) is 0 Å². The summed E-state index contributed by atoms with van der Waals surface area (Å²) in [5.74, 6) is -0.202. The molecule has 0 bridgehead atoms. The van der Waals surface area contributed by atoms with Crippen LogP contribution in [0.3, 0.4) is 0 Å². The molecule has 2 aromatic carbocycles. The number of amides is 1. The molecule has 0 fully saturated rings. The Hall–Kier alpha value is -2.21. The summed E-state index contributed by atoms with van der Waals surface area (Å²) in [5, 5.41) is 0. The van der Waals surface area contributed by atoms with Gasteiger partial charge in [0.25, 0.3) is 0 Å². The van der Waals surface area contributed by atoms with Crippen LogP contribution < -0.4 is 4.90 Å². The van der Waals surface area contributed by atoms with E-state index in [9.17, 15) is 18.0 Å². The fourth-order valence-corrected chi connectivity index (χ4v) is 2.74. The molecule has 0 saturated carbocycles. The summed E-state index contributed by atoms with van der Waals surface area (Å²) in [6.07, 6.45) is -3.77. The molecule has 0 N–H and O–H groups in total. The van der Waals surface area contributed by atoms with Gasteiger partial charge < -0.3 is 9.80 Å². The lowest BCUT2D eigenvalue weighted by Gasteiger charge is -2.21. The lowest BCUT2D eigenvalue weighted by Crippen LogP contribution is -2.30. The predicted molar refractivity (Wildman–Crippen MR) is 105 cm³/mol. The third kappa shape index (κ3) is 6.47. The number of hydrogen-bond donors (Lipinski definition) is 0. The van der Waals surface area contributed by atoms with Gasteiger partial charge in [-0.25, -0.2) is 0 Å². The Bertz CT molecular complexity index is 763. The molecule has 0 spiro atoms. The van der Waals surface area contributed by atoms with Crippen molar-refractivity contribution in [1.82, 2.24) is 4.90 Å². The van der Waals surface area contributed by atoms with Gasteiger partial charge in [-0.3, -0.25) is 4.79 Å². The molecule has 0 aliphatic rings. The predicted octanol–water partition coefficient (Wildman–Crippen LogP) is 4.44. The minimum absolute atomic E-state index is 0. The number of halogens is 4. The highest BCUT2D eigenvalue weighted by Crippen LogP contribution is 2.29. The molecule has 0 unspecified atom stereocenters. The molecule has 2 rings (SSSR count). The zero-order valence-corrected chi connectivity index (χ0v) is 16.4. The Morgan fingerprint density at radius 2 is 1.67 bits per heavy atom. The highest BCUT2D eigenvalue weighted by Gasteiger charge is 2.30. The fraction of sp³-hybridized carbons (Fsp3) is 0.350. The van der Waals surface area contributed by atoms with Crippen LogP contribution >= 0.6 is 12.4 Å². The molecule has 0 aromatic heterocycles. The van der Waals surface area contributed by atoms with Gasteiger partial charge in [-0.1, -0.05) is 36.4 Å². The van der Waals surface area contributed by atoms with Crippen molar-refractivity contribution in [1.29, 1.82) is 0 Å². The van der Waals surface area contributed by atoms with Crippen molar-refractivity contribution in [3.8, 4) is 0 Å². The van der Waals surface area contributed by atoms with E-state index in [-0.39, 0.29) is 24.7 Å². The average Bonchev–Trinajstić information content (AvgIpc) is 2.59. The van der Waals surface area contributed by atoms with Crippen molar-refractivity contribution in [2.75, 3.05) is 32.6 Å². The first-order chi connectivity index (χ1) is 12.2. The van der Waals surface area contributed by atoms with E-state index in [4.69, 9.17) is 0 Å². The quantitative estimate of drug-likeness (QED) is 0.715. The average molecular weight is 401 g/mol. The number of carbonyl (C=O) groups is 1. The summed E-state index contributed by atoms with van der Waals surface area (Å²) in [4.78, 5) is 15.9. The smallest absolute Gasteiger partial charge is 0.377 e. The molecule has 3 nitrogen and oxygen atoms in total. The van der Waals surface area contributed by atoms with Crippen LogP contribution in [0.2, 0.25) is 0 Å². The zero-order chi connectivity index (χ0) is 19.3. The lowest BCUT2D eigenvalue weighted by molar-refractivity contribution is -0.137. The minimum atomic E-state index is -4.40. The van der Waals surface area contributed by atoms with E-state index in [0.29, 0.717) is 18.5 Å². The van der Waals surface area contributed by atoms with Crippen LogP contribution in [0.15, 0.2) is 48.5 Å². The third-order valence-electron chi connectivity index (χ3n) is 4.23. The third-order valence-corrected chi connectivity index (χ3v) is 4.23. The molecule has 0 aliphatic heterocycles. The number of rotatable bonds is 6. The molecule has 148 valence electrons. The zero-order valence-electron chi connectivity index (χ0n) is 15.6. The van der Waals surface area contributed by atoms with E-state index in [1.165, 1.54) is 6.07 Å². The monoisotopic (exact) mass is 400 g/mol. The van der Waals surface area contributed by atoms with Crippen LogP contribution in [-0.2, 0) is 23.8 Å². The van der Waals surface area contributed by atoms with Gasteiger partial charge in [0.1, 0.15) is 0 Å². The van der Waals surface area contributed by atoms with Crippen molar-refractivity contribution >= 4 is 24.0 Å². The second-order valence-corrected chi connectivity index (χ2v) is 6.46. The molecule has 0 saturated heterocycles. The van der Waals surface area contributed by atoms with Crippen molar-refractivity contribution in [3.05, 3.63) is 65.2 Å². The lowest BCUT2D eigenvalue weighted by atomic mass is 10.1. The number of benzene rings is 2. The molecule has 2 aromatic rings. The Balaban J connectivity index is 0.00000364. The van der Waals surface area contributed by atoms with Gasteiger partial charge in [-0.2, -0.15) is 13.2 Å². The van der Waals surface area contributed by atoms with Gasteiger partial charge in [0, 0.05) is 33.4 Å². The van der Waals surface area contributed by atoms with Gasteiger partial charge in [-0.15, -0.1) is 12.4 Å². The number of nitrogens with zero attached hydrogens (tertiary/aromatic N) is 2. The van der Waals surface area contributed by atoms with Gasteiger partial charge >= 0.3 is 6.18 Å². The summed E-state index contributed by atoms with van der Waals surface area (Å²) >= 11 is 0. The summed E-state index contributed by atoms with van der Waals surface area (Å²) in [7, 11) is 5.59. The van der Waals surface area contributed by atoms with Crippen molar-refractivity contribution in [2.24, 2.45) is 0 Å². The Morgan fingerprint density at radius 1 is 1.00 bits per heavy atom. The first-order valence-corrected chi connectivity index (χ1v) is 8.34. The van der Waals surface area contributed by atoms with E-state index in [1.807, 2.05) is 43.3 Å². The summed E-state index contributed by atoms with van der Waals surface area (Å²) in [6.45, 7) is 0.503. The minimum Gasteiger partial charge on any atom is -0.377 e. The second kappa shape index (κ2) is 9.65. The molecule has 0 radical (unpaired) electrons. The van der Waals surface area contributed by atoms with Gasteiger partial charge in [0.15, 0.2) is 0 Å². The van der Waals surface area contributed by atoms with Crippen LogP contribution in [0.1, 0.15) is 16.7 Å². The fourth-order valence-electron chi connectivity index (χ4n) is 2.74. The molecule has 27 heavy (non-hydrogen) atoms. The van der Waals surface area contributed by atoms with Crippen molar-refractivity contribution in [2.45, 2.75) is 19.0 Å². The Labute approximate surface area is 164 Å². The standard InChI is InChI=1S/C20H23F3N2O.ClH/c1-24(2)18-10-5-4-8-16(18)11-12-25(3)19(26)14-15-7-6-9-17(13-15)20(21,22)23;/h4-10,13H,11-12,14H2,1-3H3;1H. The molecule has 1 amide bonds. The van der Waals surface area contributed by atoms with Crippen LogP contribution in [0.5, 0.6) is 0 Å². The van der Waals surface area contributed by atoms with E-state index in [1.54, 1.807) is 18.0 Å². The van der Waals surface area contributed by atoms with Gasteiger partial charge in [-0.05, 0) is 29.7 Å². The number of anilines is 1. The number of alkyl halides is 3. The number of carbonyl (C=O) groups excluding carboxylic acids is 1. The molecular formula is C20H24ClF3N2O. The number of likely N-dealkylation sites (N-methyl/N-ethyl adjacent to an activating group) is 1. The summed E-state index contributed by atoms with van der Waals surface area (Å²) in [6, 6.07) is 12.9. The normalized spacial score (nSPS) is 10.9. The van der Waals surface area contributed by atoms with Gasteiger partial charge in [0.2, 0.25) is 5.91 Å². The number of hydrogen-bond acceptors (Lipinski definition) is 2. The van der Waals surface area contributed by atoms with Crippen LogP contribution in [0.4, 0.5) is 18.9 Å². The maximum absolute atomic E-state index is 12.8. The highest BCUT2D eigenvalue weighted by molar-refractivity contribution is 5.85. The van der Waals surface area contributed by atoms with Gasteiger partial charge in [0.05, 0.1) is 12.0 Å². The molecule has 0 atom stereocenters. The molecule has 0 aliphatic carbocycles. The van der Waals surface area contributed by atoms with E-state index >= 15 is 0 Å². The first kappa shape index (κ1) is 22.8. The molecule has 0 heterocycles. The largest absolute Gasteiger partial charge is 0.416 e. The molecule has 7 heteroatoms. The Kier molecular flexibility index (Phi) is 8.16. The van der Waals surface area contributed by atoms with Crippen molar-refractivity contribution < 1.29 is 18.0 Å². The maximum Gasteiger partial charge on any atom is 0.416 e. The maximum atomic E-state index is 12.8. The van der Waals surface area contributed by atoms with Crippen molar-refractivity contribution in [3.63, 3.8) is 0 Å². The SMILES string of the molecule is CN(CCc1ccccc1N(C)C)C(=O)Cc1cccc(C(F)(F)F)c1.Cl.